The maximum atomic E-state index is 11.9. The number of halogens is 1. The molecule has 0 spiro atoms. The third kappa shape index (κ3) is 4.00. The molecule has 2 aromatic rings. The lowest BCUT2D eigenvalue weighted by Gasteiger charge is -2.43. The molecule has 5 N–H and O–H groups in total. The Bertz CT molecular complexity index is 969. The second-order valence-corrected chi connectivity index (χ2v) is 7.19. The molecule has 0 atom stereocenters. The first-order valence-corrected chi connectivity index (χ1v) is 9.74. The fraction of sp³-hybridized carbons (Fsp3) is 0.300. The molecule has 1 aliphatic rings. The van der Waals surface area contributed by atoms with Crippen LogP contribution in [-0.4, -0.2) is 17.3 Å². The summed E-state index contributed by atoms with van der Waals surface area (Å²) in [4.78, 5) is 16.6. The van der Waals surface area contributed by atoms with Crippen molar-refractivity contribution in [2.75, 3.05) is 5.01 Å². The highest BCUT2D eigenvalue weighted by Gasteiger charge is 2.42. The van der Waals surface area contributed by atoms with Crippen LogP contribution in [0.1, 0.15) is 42.6 Å². The van der Waals surface area contributed by atoms with E-state index >= 15 is 0 Å². The molecule has 0 radical (unpaired) electrons. The van der Waals surface area contributed by atoms with Crippen molar-refractivity contribution >= 4 is 34.7 Å². The highest BCUT2D eigenvalue weighted by Crippen LogP contribution is 2.41. The van der Waals surface area contributed by atoms with Crippen molar-refractivity contribution in [2.24, 2.45) is 26.9 Å². The zero-order chi connectivity index (χ0) is 21.0. The zero-order valence-electron chi connectivity index (χ0n) is 16.4. The Labute approximate surface area is 174 Å². The quantitative estimate of drug-likeness (QED) is 0.298. The van der Waals surface area contributed by atoms with E-state index in [2.05, 4.69) is 15.7 Å². The van der Waals surface area contributed by atoms with Crippen LogP contribution in [0.25, 0.3) is 0 Å². The van der Waals surface area contributed by atoms with Crippen molar-refractivity contribution in [3.05, 3.63) is 58.6 Å². The van der Waals surface area contributed by atoms with Crippen LogP contribution in [0.15, 0.2) is 57.7 Å². The number of nitrogens with zero attached hydrogens (tertiary/aromatic N) is 4. The number of aliphatic imine (C=N–C) groups is 1. The summed E-state index contributed by atoms with van der Waals surface area (Å²) in [5, 5.41) is 11.1. The molecule has 152 valence electrons. The van der Waals surface area contributed by atoms with E-state index in [1.165, 1.54) is 0 Å². The summed E-state index contributed by atoms with van der Waals surface area (Å²) in [6, 6.07) is 12.5. The normalized spacial score (nSPS) is 15.2. The number of carbonyl (C=O) groups excluding carboxylic acids is 1. The third-order valence-corrected chi connectivity index (χ3v) is 5.44. The predicted molar refractivity (Wildman–Crippen MR) is 115 cm³/mol. The number of fused-ring (bicyclic) bond motifs is 1. The Morgan fingerprint density at radius 3 is 2.66 bits per heavy atom. The van der Waals surface area contributed by atoms with Crippen LogP contribution in [0.4, 0.5) is 11.4 Å². The fourth-order valence-electron chi connectivity index (χ4n) is 3.44. The number of nitrogens with one attached hydrogen (secondary N) is 1. The molecule has 1 amide bonds. The minimum absolute atomic E-state index is 0.371. The minimum atomic E-state index is -0.595. The molecule has 1 heterocycles. The van der Waals surface area contributed by atoms with E-state index in [1.807, 2.05) is 38.1 Å². The van der Waals surface area contributed by atoms with Crippen LogP contribution in [0.3, 0.4) is 0 Å². The fourth-order valence-corrected chi connectivity index (χ4v) is 3.65. The summed E-state index contributed by atoms with van der Waals surface area (Å²) in [5.41, 5.74) is 4.12. The Kier molecular flexibility index (Phi) is 6.26. The molecular weight excluding hydrogens is 390 g/mol. The average Bonchev–Trinajstić information content (AvgIpc) is 2.73. The van der Waals surface area contributed by atoms with E-state index in [-0.39, 0.29) is 0 Å². The number of benzene rings is 2. The number of anilines is 1. The van der Waals surface area contributed by atoms with Crippen molar-refractivity contribution < 1.29 is 4.79 Å². The van der Waals surface area contributed by atoms with Gasteiger partial charge in [-0.15, -0.1) is 5.11 Å². The van der Waals surface area contributed by atoms with E-state index < -0.39 is 11.4 Å². The molecule has 0 fully saturated rings. The molecule has 1 aliphatic heterocycles. The Morgan fingerprint density at radius 1 is 1.24 bits per heavy atom. The number of hydrogen-bond acceptors (Lipinski definition) is 7. The molecule has 0 saturated carbocycles. The Hall–Kier alpha value is -2.81. The smallest absolute Gasteiger partial charge is 0.265 e. The van der Waals surface area contributed by atoms with Crippen LogP contribution in [0.5, 0.6) is 0 Å². The Morgan fingerprint density at radius 2 is 2.00 bits per heavy atom. The molecule has 3 rings (SSSR count). The van der Waals surface area contributed by atoms with Crippen LogP contribution in [0, 0.1) is 0 Å². The summed E-state index contributed by atoms with van der Waals surface area (Å²) >= 11 is 6.03. The maximum absolute atomic E-state index is 11.9. The van der Waals surface area contributed by atoms with Gasteiger partial charge in [-0.1, -0.05) is 37.6 Å². The van der Waals surface area contributed by atoms with E-state index in [1.54, 1.807) is 23.2 Å². The maximum Gasteiger partial charge on any atom is 0.265 e. The first-order valence-electron chi connectivity index (χ1n) is 9.36. The minimum Gasteiger partial charge on any atom is -0.295 e. The van der Waals surface area contributed by atoms with Gasteiger partial charge in [0.2, 0.25) is 0 Å². The van der Waals surface area contributed by atoms with Gasteiger partial charge in [0.15, 0.2) is 5.84 Å². The highest BCUT2D eigenvalue weighted by atomic mass is 35.5. The number of amides is 1. The highest BCUT2D eigenvalue weighted by molar-refractivity contribution is 6.30. The van der Waals surface area contributed by atoms with E-state index in [0.717, 1.165) is 11.3 Å². The number of carbonyl (C=O) groups is 1. The number of rotatable bonds is 5. The first-order chi connectivity index (χ1) is 13.9. The molecule has 9 heteroatoms. The van der Waals surface area contributed by atoms with Crippen molar-refractivity contribution in [3.63, 3.8) is 0 Å². The molecule has 0 unspecified atom stereocenters. The van der Waals surface area contributed by atoms with E-state index in [0.29, 0.717) is 41.5 Å². The van der Waals surface area contributed by atoms with Gasteiger partial charge in [-0.2, -0.15) is 5.11 Å². The molecule has 0 bridgehead atoms. The third-order valence-electron chi connectivity index (χ3n) is 5.21. The average molecular weight is 414 g/mol. The van der Waals surface area contributed by atoms with Gasteiger partial charge in [-0.05, 0) is 48.7 Å². The van der Waals surface area contributed by atoms with Crippen LogP contribution in [0.2, 0.25) is 5.02 Å². The SMILES string of the molecule is CCC1(CC)C(N=NCc2cccc(Cl)c2)=Nc2cc(C(=O)NN)ccc2N1N. The largest absolute Gasteiger partial charge is 0.295 e. The lowest BCUT2D eigenvalue weighted by molar-refractivity contribution is 0.0953. The number of hydrazine groups is 2. The van der Waals surface area contributed by atoms with Crippen LogP contribution in [-0.2, 0) is 6.54 Å². The molecule has 0 aliphatic carbocycles. The molecule has 0 aromatic heterocycles. The van der Waals surface area contributed by atoms with Crippen molar-refractivity contribution in [1.29, 1.82) is 0 Å². The van der Waals surface area contributed by atoms with Gasteiger partial charge in [-0.3, -0.25) is 15.2 Å². The standard InChI is InChI=1S/C20H24ClN7O/c1-3-20(4-2)19(27-24-12-13-6-5-7-15(21)10-13)25-16-11-14(18(29)26-22)8-9-17(16)28(20)23/h5-11H,3-4,12,22-23H2,1-2H3,(H,26,29). The van der Waals surface area contributed by atoms with Crippen molar-refractivity contribution in [3.8, 4) is 0 Å². The molecule has 8 nitrogen and oxygen atoms in total. The predicted octanol–water partition coefficient (Wildman–Crippen LogP) is 3.88. The second kappa shape index (κ2) is 8.69. The van der Waals surface area contributed by atoms with Gasteiger partial charge in [0.1, 0.15) is 5.54 Å². The lowest BCUT2D eigenvalue weighted by atomic mass is 9.88. The Balaban J connectivity index is 2.00. The van der Waals surface area contributed by atoms with Crippen molar-refractivity contribution in [2.45, 2.75) is 38.8 Å². The van der Waals surface area contributed by atoms with Crippen LogP contribution >= 0.6 is 11.6 Å². The number of azo groups is 1. The molecular formula is C20H24ClN7O. The summed E-state index contributed by atoms with van der Waals surface area (Å²) in [7, 11) is 0. The number of amidine groups is 1. The molecule has 29 heavy (non-hydrogen) atoms. The number of hydrogen-bond donors (Lipinski definition) is 3. The second-order valence-electron chi connectivity index (χ2n) is 6.75. The molecule has 2 aromatic carbocycles. The monoisotopic (exact) mass is 413 g/mol. The number of nitrogens with two attached hydrogens (primary N) is 2. The lowest BCUT2D eigenvalue weighted by Crippen LogP contribution is -2.58. The van der Waals surface area contributed by atoms with Gasteiger partial charge < -0.3 is 0 Å². The van der Waals surface area contributed by atoms with Crippen molar-refractivity contribution in [1.82, 2.24) is 5.43 Å². The van der Waals surface area contributed by atoms with Gasteiger partial charge in [0, 0.05) is 10.6 Å². The summed E-state index contributed by atoms with van der Waals surface area (Å²) in [6.45, 7) is 4.44. The first kappa shape index (κ1) is 20.9. The van der Waals surface area contributed by atoms with Gasteiger partial charge in [0.25, 0.3) is 5.91 Å². The van der Waals surface area contributed by atoms with E-state index in [9.17, 15) is 4.79 Å². The van der Waals surface area contributed by atoms with Gasteiger partial charge >= 0.3 is 0 Å². The molecule has 0 saturated heterocycles. The van der Waals surface area contributed by atoms with Crippen LogP contribution < -0.4 is 22.1 Å². The topological polar surface area (TPSA) is 121 Å². The van der Waals surface area contributed by atoms with E-state index in [4.69, 9.17) is 28.3 Å². The van der Waals surface area contributed by atoms with Gasteiger partial charge in [0.05, 0.1) is 17.9 Å². The summed E-state index contributed by atoms with van der Waals surface area (Å²) in [6.07, 6.45) is 1.39. The summed E-state index contributed by atoms with van der Waals surface area (Å²) < 4.78 is 0. The number of nitrogen functional groups attached to an aromatic ring is 1. The summed E-state index contributed by atoms with van der Waals surface area (Å²) in [5.74, 6) is 11.8. The zero-order valence-corrected chi connectivity index (χ0v) is 17.1. The van der Waals surface area contributed by atoms with Gasteiger partial charge in [-0.25, -0.2) is 16.7 Å².